The first-order valence-corrected chi connectivity index (χ1v) is 7.77. The second kappa shape index (κ2) is 5.81. The largest absolute Gasteiger partial charge is 0.481 e. The molecular weight excluding hydrogens is 288 g/mol. The van der Waals surface area contributed by atoms with Gasteiger partial charge in [0.1, 0.15) is 0 Å². The van der Waals surface area contributed by atoms with Crippen LogP contribution >= 0.6 is 11.3 Å². The Morgan fingerprint density at radius 1 is 1.33 bits per heavy atom. The van der Waals surface area contributed by atoms with Crippen LogP contribution in [0.5, 0.6) is 0 Å². The number of hydrogen-bond donors (Lipinski definition) is 1. The summed E-state index contributed by atoms with van der Waals surface area (Å²) in [5.74, 6) is -0.577. The highest BCUT2D eigenvalue weighted by Crippen LogP contribution is 2.24. The SMILES string of the molecule is O=C(O)CC1CN(C(=O)CCc2nc3ccccc3s2)C1. The molecule has 0 radical (unpaired) electrons. The maximum Gasteiger partial charge on any atom is 0.303 e. The van der Waals surface area contributed by atoms with Gasteiger partial charge in [0, 0.05) is 31.8 Å². The Morgan fingerprint density at radius 2 is 2.10 bits per heavy atom. The van der Waals surface area contributed by atoms with Crippen molar-refractivity contribution < 1.29 is 14.7 Å². The van der Waals surface area contributed by atoms with Crippen molar-refractivity contribution in [1.82, 2.24) is 9.88 Å². The van der Waals surface area contributed by atoms with Gasteiger partial charge in [0.15, 0.2) is 0 Å². The van der Waals surface area contributed by atoms with Crippen molar-refractivity contribution in [2.24, 2.45) is 5.92 Å². The van der Waals surface area contributed by atoms with E-state index in [0.29, 0.717) is 25.9 Å². The Morgan fingerprint density at radius 3 is 2.81 bits per heavy atom. The molecule has 5 nitrogen and oxygen atoms in total. The van der Waals surface area contributed by atoms with Crippen molar-refractivity contribution >= 4 is 33.4 Å². The maximum absolute atomic E-state index is 12.0. The molecule has 1 saturated heterocycles. The van der Waals surface area contributed by atoms with E-state index in [-0.39, 0.29) is 18.2 Å². The maximum atomic E-state index is 12.0. The van der Waals surface area contributed by atoms with E-state index in [1.165, 1.54) is 0 Å². The molecule has 1 amide bonds. The van der Waals surface area contributed by atoms with Crippen molar-refractivity contribution in [1.29, 1.82) is 0 Å². The minimum atomic E-state index is -0.790. The number of likely N-dealkylation sites (tertiary alicyclic amines) is 1. The van der Waals surface area contributed by atoms with Crippen molar-refractivity contribution in [3.63, 3.8) is 0 Å². The minimum Gasteiger partial charge on any atom is -0.481 e. The Bertz CT molecular complexity index is 643. The lowest BCUT2D eigenvalue weighted by Gasteiger charge is -2.38. The number of benzene rings is 1. The van der Waals surface area contributed by atoms with Crippen LogP contribution in [0.1, 0.15) is 17.8 Å². The highest BCUT2D eigenvalue weighted by molar-refractivity contribution is 7.18. The lowest BCUT2D eigenvalue weighted by Crippen LogP contribution is -2.50. The fourth-order valence-electron chi connectivity index (χ4n) is 2.55. The summed E-state index contributed by atoms with van der Waals surface area (Å²) in [5, 5.41) is 9.66. The molecule has 0 bridgehead atoms. The van der Waals surface area contributed by atoms with Crippen LogP contribution in [0.25, 0.3) is 10.2 Å². The predicted molar refractivity (Wildman–Crippen MR) is 80.3 cm³/mol. The molecule has 1 aliphatic heterocycles. The van der Waals surface area contributed by atoms with E-state index in [0.717, 1.165) is 15.2 Å². The number of carboxylic acid groups (broad SMARTS) is 1. The van der Waals surface area contributed by atoms with E-state index >= 15 is 0 Å². The number of aromatic nitrogens is 1. The van der Waals surface area contributed by atoms with Gasteiger partial charge in [-0.1, -0.05) is 12.1 Å². The number of amides is 1. The number of carbonyl (C=O) groups is 2. The van der Waals surface area contributed by atoms with Crippen molar-refractivity contribution in [3.05, 3.63) is 29.3 Å². The molecule has 0 saturated carbocycles. The number of carboxylic acids is 1. The summed E-state index contributed by atoms with van der Waals surface area (Å²) in [5.41, 5.74) is 0.982. The van der Waals surface area contributed by atoms with E-state index in [1.54, 1.807) is 16.2 Å². The van der Waals surface area contributed by atoms with Gasteiger partial charge in [0.05, 0.1) is 21.6 Å². The lowest BCUT2D eigenvalue weighted by atomic mass is 9.96. The molecule has 3 rings (SSSR count). The molecule has 0 aliphatic carbocycles. The second-order valence-electron chi connectivity index (χ2n) is 5.34. The molecule has 0 atom stereocenters. The van der Waals surface area contributed by atoms with Crippen LogP contribution in [-0.2, 0) is 16.0 Å². The van der Waals surface area contributed by atoms with Gasteiger partial charge in [-0.3, -0.25) is 9.59 Å². The third-order valence-corrected chi connectivity index (χ3v) is 4.76. The van der Waals surface area contributed by atoms with Crippen LogP contribution in [0, 0.1) is 5.92 Å². The Kier molecular flexibility index (Phi) is 3.88. The Hall–Kier alpha value is -1.95. The highest BCUT2D eigenvalue weighted by Gasteiger charge is 2.31. The van der Waals surface area contributed by atoms with Crippen molar-refractivity contribution in [2.45, 2.75) is 19.3 Å². The molecule has 0 spiro atoms. The number of carbonyl (C=O) groups excluding carboxylic acids is 1. The predicted octanol–water partition coefficient (Wildman–Crippen LogP) is 2.16. The van der Waals surface area contributed by atoms with Crippen LogP contribution in [-0.4, -0.2) is 40.0 Å². The van der Waals surface area contributed by atoms with Gasteiger partial charge in [-0.05, 0) is 12.1 Å². The molecule has 21 heavy (non-hydrogen) atoms. The number of aryl methyl sites for hydroxylation is 1. The molecule has 2 heterocycles. The quantitative estimate of drug-likeness (QED) is 0.919. The first kappa shape index (κ1) is 14.0. The van der Waals surface area contributed by atoms with Gasteiger partial charge in [-0.25, -0.2) is 4.98 Å². The fourth-order valence-corrected chi connectivity index (χ4v) is 3.52. The number of rotatable bonds is 5. The summed E-state index contributed by atoms with van der Waals surface area (Å²) in [6, 6.07) is 7.95. The number of thiazole rings is 1. The Balaban J connectivity index is 1.49. The topological polar surface area (TPSA) is 70.5 Å². The molecule has 110 valence electrons. The highest BCUT2D eigenvalue weighted by atomic mass is 32.1. The smallest absolute Gasteiger partial charge is 0.303 e. The van der Waals surface area contributed by atoms with Crippen LogP contribution in [0.2, 0.25) is 0 Å². The third-order valence-electron chi connectivity index (χ3n) is 3.66. The van der Waals surface area contributed by atoms with Crippen molar-refractivity contribution in [2.75, 3.05) is 13.1 Å². The summed E-state index contributed by atoms with van der Waals surface area (Å²) in [6.45, 7) is 1.15. The van der Waals surface area contributed by atoms with E-state index in [4.69, 9.17) is 5.11 Å². The van der Waals surface area contributed by atoms with Gasteiger partial charge in [-0.2, -0.15) is 0 Å². The number of hydrogen-bond acceptors (Lipinski definition) is 4. The van der Waals surface area contributed by atoms with E-state index in [9.17, 15) is 9.59 Å². The average molecular weight is 304 g/mol. The molecule has 6 heteroatoms. The Labute approximate surface area is 126 Å². The zero-order chi connectivity index (χ0) is 14.8. The third kappa shape index (κ3) is 3.21. The number of nitrogens with zero attached hydrogens (tertiary/aromatic N) is 2. The molecule has 1 N–H and O–H groups in total. The summed E-state index contributed by atoms with van der Waals surface area (Å²) in [6.07, 6.45) is 1.25. The first-order valence-electron chi connectivity index (χ1n) is 6.96. The summed E-state index contributed by atoms with van der Waals surface area (Å²) in [4.78, 5) is 28.8. The standard InChI is InChI=1S/C15H16N2O3S/c18-14(17-8-10(9-17)7-15(19)20)6-5-13-16-11-3-1-2-4-12(11)21-13/h1-4,10H,5-9H2,(H,19,20). The van der Waals surface area contributed by atoms with Gasteiger partial charge >= 0.3 is 5.97 Å². The zero-order valence-electron chi connectivity index (χ0n) is 11.5. The zero-order valence-corrected chi connectivity index (χ0v) is 12.3. The number of fused-ring (bicyclic) bond motifs is 1. The molecule has 1 aliphatic rings. The number of aliphatic carboxylic acids is 1. The average Bonchev–Trinajstić information content (AvgIpc) is 2.82. The summed E-state index contributed by atoms with van der Waals surface area (Å²) in [7, 11) is 0. The van der Waals surface area contributed by atoms with E-state index < -0.39 is 5.97 Å². The van der Waals surface area contributed by atoms with Gasteiger partial charge < -0.3 is 10.0 Å². The molecule has 0 unspecified atom stereocenters. The van der Waals surface area contributed by atoms with Crippen molar-refractivity contribution in [3.8, 4) is 0 Å². The van der Waals surface area contributed by atoms with Crippen LogP contribution in [0.4, 0.5) is 0 Å². The van der Waals surface area contributed by atoms with Gasteiger partial charge in [0.25, 0.3) is 0 Å². The summed E-state index contributed by atoms with van der Waals surface area (Å²) < 4.78 is 1.14. The second-order valence-corrected chi connectivity index (χ2v) is 6.45. The molecule has 1 aromatic carbocycles. The molecule has 1 fully saturated rings. The molecule has 2 aromatic rings. The molecular formula is C15H16N2O3S. The summed E-state index contributed by atoms with van der Waals surface area (Å²) >= 11 is 1.63. The normalized spacial score (nSPS) is 15.1. The van der Waals surface area contributed by atoms with Crippen LogP contribution in [0.3, 0.4) is 0 Å². The number of para-hydroxylation sites is 1. The van der Waals surface area contributed by atoms with Gasteiger partial charge in [0.2, 0.25) is 5.91 Å². The lowest BCUT2D eigenvalue weighted by molar-refractivity contribution is -0.145. The van der Waals surface area contributed by atoms with Crippen LogP contribution in [0.15, 0.2) is 24.3 Å². The monoisotopic (exact) mass is 304 g/mol. The fraction of sp³-hybridized carbons (Fsp3) is 0.400. The van der Waals surface area contributed by atoms with E-state index in [1.807, 2.05) is 24.3 Å². The van der Waals surface area contributed by atoms with Crippen LogP contribution < -0.4 is 0 Å². The minimum absolute atomic E-state index is 0.0934. The van der Waals surface area contributed by atoms with E-state index in [2.05, 4.69) is 4.98 Å². The first-order chi connectivity index (χ1) is 10.1. The van der Waals surface area contributed by atoms with Gasteiger partial charge in [-0.15, -0.1) is 11.3 Å². The molecule has 1 aromatic heterocycles.